The summed E-state index contributed by atoms with van der Waals surface area (Å²) in [4.78, 5) is 26.1. The smallest absolute Gasteiger partial charge is 0.251 e. The van der Waals surface area contributed by atoms with E-state index in [1.54, 1.807) is 28.8 Å². The molecule has 1 amide bonds. The number of nitrogen functional groups attached to an aromatic ring is 1. The lowest BCUT2D eigenvalue weighted by Crippen LogP contribution is -2.23. The Kier molecular flexibility index (Phi) is 6.99. The highest BCUT2D eigenvalue weighted by Gasteiger charge is 2.20. The number of aromatic nitrogens is 5. The van der Waals surface area contributed by atoms with Gasteiger partial charge in [-0.1, -0.05) is 12.1 Å². The lowest BCUT2D eigenvalue weighted by molar-refractivity contribution is 0.0950. The summed E-state index contributed by atoms with van der Waals surface area (Å²) in [6.07, 6.45) is 3.14. The van der Waals surface area contributed by atoms with Crippen LogP contribution in [-0.4, -0.2) is 35.6 Å². The van der Waals surface area contributed by atoms with Gasteiger partial charge in [-0.25, -0.2) is 19.5 Å². The van der Waals surface area contributed by atoms with E-state index < -0.39 is 6.04 Å². The highest BCUT2D eigenvalue weighted by Crippen LogP contribution is 2.29. The van der Waals surface area contributed by atoms with E-state index in [0.29, 0.717) is 17.1 Å². The number of aryl methyl sites for hydroxylation is 2. The van der Waals surface area contributed by atoms with Gasteiger partial charge in [-0.3, -0.25) is 4.79 Å². The van der Waals surface area contributed by atoms with Gasteiger partial charge in [0.25, 0.3) is 5.91 Å². The summed E-state index contributed by atoms with van der Waals surface area (Å²) in [5.41, 5.74) is 11.4. The third-order valence-corrected chi connectivity index (χ3v) is 6.43. The number of fused-ring (bicyclic) bond motifs is 1. The number of nitrogens with zero attached hydrogens (tertiary/aromatic N) is 6. The normalized spacial score (nSPS) is 11.7. The van der Waals surface area contributed by atoms with Gasteiger partial charge >= 0.3 is 0 Å². The second-order valence-corrected chi connectivity index (χ2v) is 9.51. The number of nitrogens with one attached hydrogen (secondary N) is 2. The minimum Gasteiger partial charge on any atom is -0.508 e. The minimum absolute atomic E-state index is 0.0833. The van der Waals surface area contributed by atoms with Gasteiger partial charge in [0.05, 0.1) is 17.3 Å². The van der Waals surface area contributed by atoms with Gasteiger partial charge in [0.2, 0.25) is 0 Å². The molecular weight excluding hydrogens is 506 g/mol. The van der Waals surface area contributed by atoms with Crippen LogP contribution < -0.4 is 16.4 Å². The van der Waals surface area contributed by atoms with Gasteiger partial charge in [0.15, 0.2) is 5.82 Å². The molecule has 3 heterocycles. The third-order valence-electron chi connectivity index (χ3n) is 6.43. The molecular formula is C29H27N9O2. The van der Waals surface area contributed by atoms with Crippen LogP contribution in [-0.2, 0) is 6.54 Å². The second kappa shape index (κ2) is 10.7. The number of carbonyl (C=O) groups is 1. The number of carbonyl (C=O) groups excluding carboxylic acids is 1. The van der Waals surface area contributed by atoms with Crippen molar-refractivity contribution in [2.75, 3.05) is 11.1 Å². The number of anilines is 2. The van der Waals surface area contributed by atoms with E-state index in [1.807, 2.05) is 57.3 Å². The standard InChI is InChI=1S/C29H27N9O2/c1-16-9-20(12-21(10-16)29(40)32-14-19-5-4-6-22(39)11-19)24-25-17(2)7-8-38(25)37-27(36-24)18(3)35-28-23(13-30)26(31)33-15-34-28/h4-12,15,18,39H,14H2,1-3H3,(H,32,40)(H3,31,33,34,35). The van der Waals surface area contributed by atoms with Crippen molar-refractivity contribution >= 4 is 23.1 Å². The number of hydrogen-bond donors (Lipinski definition) is 4. The predicted molar refractivity (Wildman–Crippen MR) is 150 cm³/mol. The molecule has 0 aliphatic carbocycles. The van der Waals surface area contributed by atoms with Crippen LogP contribution in [0, 0.1) is 25.2 Å². The van der Waals surface area contributed by atoms with Gasteiger partial charge in [-0.05, 0) is 73.9 Å². The first-order chi connectivity index (χ1) is 19.2. The molecule has 0 bridgehead atoms. The number of nitrogens with two attached hydrogens (primary N) is 1. The Hall–Kier alpha value is -5.50. The largest absolute Gasteiger partial charge is 0.508 e. The van der Waals surface area contributed by atoms with Crippen molar-refractivity contribution in [1.29, 1.82) is 5.26 Å². The maximum Gasteiger partial charge on any atom is 0.251 e. The van der Waals surface area contributed by atoms with Gasteiger partial charge in [-0.15, -0.1) is 0 Å². The number of phenolic OH excluding ortho intramolecular Hbond substituents is 1. The van der Waals surface area contributed by atoms with E-state index in [2.05, 4.69) is 20.6 Å². The third kappa shape index (κ3) is 5.23. The van der Waals surface area contributed by atoms with Gasteiger partial charge < -0.3 is 21.5 Å². The van der Waals surface area contributed by atoms with Crippen molar-refractivity contribution in [1.82, 2.24) is 29.9 Å². The molecule has 0 spiro atoms. The SMILES string of the molecule is Cc1cc(C(=O)NCc2cccc(O)c2)cc(-c2nc(C(C)Nc3ncnc(N)c3C#N)nn3ccc(C)c23)c1. The monoisotopic (exact) mass is 533 g/mol. The molecule has 200 valence electrons. The summed E-state index contributed by atoms with van der Waals surface area (Å²) in [5.74, 6) is 0.728. The molecule has 1 unspecified atom stereocenters. The number of amides is 1. The van der Waals surface area contributed by atoms with E-state index in [9.17, 15) is 15.2 Å². The van der Waals surface area contributed by atoms with Crippen LogP contribution in [0.5, 0.6) is 5.75 Å². The molecule has 0 radical (unpaired) electrons. The Bertz CT molecular complexity index is 1790. The van der Waals surface area contributed by atoms with Crippen LogP contribution in [0.2, 0.25) is 0 Å². The highest BCUT2D eigenvalue weighted by atomic mass is 16.3. The van der Waals surface area contributed by atoms with Crippen LogP contribution in [0.3, 0.4) is 0 Å². The van der Waals surface area contributed by atoms with Crippen molar-refractivity contribution in [3.63, 3.8) is 0 Å². The first-order valence-electron chi connectivity index (χ1n) is 12.5. The minimum atomic E-state index is -0.442. The second-order valence-electron chi connectivity index (χ2n) is 9.51. The topological polar surface area (TPSA) is 167 Å². The van der Waals surface area contributed by atoms with Crippen molar-refractivity contribution in [3.8, 4) is 23.1 Å². The van der Waals surface area contributed by atoms with Crippen molar-refractivity contribution < 1.29 is 9.90 Å². The van der Waals surface area contributed by atoms with E-state index in [-0.39, 0.29) is 35.4 Å². The van der Waals surface area contributed by atoms with Crippen molar-refractivity contribution in [3.05, 3.63) is 94.7 Å². The fraction of sp³-hybridized carbons (Fsp3) is 0.172. The zero-order valence-electron chi connectivity index (χ0n) is 22.2. The Morgan fingerprint density at radius 1 is 1.18 bits per heavy atom. The molecule has 3 aromatic heterocycles. The average Bonchev–Trinajstić information content (AvgIpc) is 3.31. The quantitative estimate of drug-likeness (QED) is 0.241. The lowest BCUT2D eigenvalue weighted by Gasteiger charge is -2.17. The average molecular weight is 534 g/mol. The van der Waals surface area contributed by atoms with E-state index in [1.165, 1.54) is 6.33 Å². The van der Waals surface area contributed by atoms with Crippen LogP contribution in [0.4, 0.5) is 11.6 Å². The number of rotatable bonds is 7. The van der Waals surface area contributed by atoms with Gasteiger partial charge in [0.1, 0.15) is 35.3 Å². The Balaban J connectivity index is 1.50. The van der Waals surface area contributed by atoms with Crippen LogP contribution in [0.15, 0.2) is 61.1 Å². The zero-order chi connectivity index (χ0) is 28.4. The molecule has 5 N–H and O–H groups in total. The van der Waals surface area contributed by atoms with E-state index in [0.717, 1.165) is 27.8 Å². The molecule has 5 rings (SSSR count). The van der Waals surface area contributed by atoms with Crippen LogP contribution in [0.25, 0.3) is 16.8 Å². The highest BCUT2D eigenvalue weighted by molar-refractivity contribution is 5.96. The number of hydrogen-bond acceptors (Lipinski definition) is 9. The first-order valence-corrected chi connectivity index (χ1v) is 12.5. The predicted octanol–water partition coefficient (Wildman–Crippen LogP) is 4.07. The molecule has 0 saturated carbocycles. The maximum absolute atomic E-state index is 13.1. The van der Waals surface area contributed by atoms with Crippen LogP contribution >= 0.6 is 0 Å². The maximum atomic E-state index is 13.1. The lowest BCUT2D eigenvalue weighted by atomic mass is 10.0. The Morgan fingerprint density at radius 2 is 2.00 bits per heavy atom. The molecule has 0 saturated heterocycles. The molecule has 11 nitrogen and oxygen atoms in total. The van der Waals surface area contributed by atoms with Gasteiger partial charge in [-0.2, -0.15) is 10.4 Å². The number of nitriles is 1. The Morgan fingerprint density at radius 3 is 2.77 bits per heavy atom. The van der Waals surface area contributed by atoms with Gasteiger partial charge in [0, 0.05) is 23.9 Å². The molecule has 0 aliphatic heterocycles. The molecule has 2 aromatic carbocycles. The summed E-state index contributed by atoms with van der Waals surface area (Å²) in [5, 5.41) is 30.0. The Labute approximate surface area is 230 Å². The summed E-state index contributed by atoms with van der Waals surface area (Å²) in [7, 11) is 0. The molecule has 40 heavy (non-hydrogen) atoms. The van der Waals surface area contributed by atoms with Crippen LogP contribution in [0.1, 0.15) is 51.4 Å². The summed E-state index contributed by atoms with van der Waals surface area (Å²) in [6.45, 7) is 6.03. The number of benzene rings is 2. The molecule has 1 atom stereocenters. The van der Waals surface area contributed by atoms with Crippen molar-refractivity contribution in [2.45, 2.75) is 33.4 Å². The molecule has 0 fully saturated rings. The van der Waals surface area contributed by atoms with E-state index in [4.69, 9.17) is 15.8 Å². The summed E-state index contributed by atoms with van der Waals surface area (Å²) >= 11 is 0. The summed E-state index contributed by atoms with van der Waals surface area (Å²) < 4.78 is 1.76. The molecule has 11 heteroatoms. The number of aromatic hydroxyl groups is 1. The summed E-state index contributed by atoms with van der Waals surface area (Å²) in [6, 6.07) is 15.9. The fourth-order valence-electron chi connectivity index (χ4n) is 4.47. The number of phenols is 1. The zero-order valence-corrected chi connectivity index (χ0v) is 22.2. The van der Waals surface area contributed by atoms with E-state index >= 15 is 0 Å². The van der Waals surface area contributed by atoms with Crippen molar-refractivity contribution in [2.24, 2.45) is 0 Å². The fourth-order valence-corrected chi connectivity index (χ4v) is 4.47. The first kappa shape index (κ1) is 26.1. The molecule has 0 aliphatic rings. The molecule has 5 aromatic rings.